The van der Waals surface area contributed by atoms with Gasteiger partial charge in [-0.2, -0.15) is 0 Å². The van der Waals surface area contributed by atoms with Crippen LogP contribution in [-0.2, 0) is 4.74 Å². The van der Waals surface area contributed by atoms with Crippen LogP contribution in [0.4, 0.5) is 4.39 Å². The molecule has 0 aromatic rings. The van der Waals surface area contributed by atoms with E-state index in [-0.39, 0.29) is 6.61 Å². The molecule has 0 unspecified atom stereocenters. The third-order valence-corrected chi connectivity index (χ3v) is 1.15. The highest BCUT2D eigenvalue weighted by atomic mass is 19.1. The molecule has 0 atom stereocenters. The quantitative estimate of drug-likeness (QED) is 0.460. The van der Waals surface area contributed by atoms with Crippen LogP contribution >= 0.6 is 0 Å². The summed E-state index contributed by atoms with van der Waals surface area (Å²) in [5, 5.41) is 0. The predicted molar refractivity (Wildman–Crippen MR) is 49.0 cm³/mol. The first-order valence-corrected chi connectivity index (χ1v) is 3.73. The molecule has 0 aromatic heterocycles. The molecule has 0 saturated heterocycles. The van der Waals surface area contributed by atoms with E-state index in [1.807, 2.05) is 6.92 Å². The molecule has 0 bridgehead atoms. The summed E-state index contributed by atoms with van der Waals surface area (Å²) in [6.45, 7) is 6.71. The van der Waals surface area contributed by atoms with Crippen molar-refractivity contribution in [2.24, 2.45) is 4.99 Å². The van der Waals surface area contributed by atoms with E-state index in [4.69, 9.17) is 4.74 Å². The van der Waals surface area contributed by atoms with Crippen molar-refractivity contribution < 1.29 is 9.13 Å². The van der Waals surface area contributed by atoms with Crippen molar-refractivity contribution >= 4 is 5.71 Å². The molecule has 0 aliphatic heterocycles. The molecule has 0 N–H and O–H groups in total. The Bertz CT molecular complexity index is 197. The van der Waals surface area contributed by atoms with Gasteiger partial charge in [0.1, 0.15) is 19.0 Å². The Morgan fingerprint density at radius 2 is 2.25 bits per heavy atom. The molecule has 3 heteroatoms. The molecular weight excluding hydrogens is 157 g/mol. The number of rotatable bonds is 5. The van der Waals surface area contributed by atoms with Crippen LogP contribution in [0.3, 0.4) is 0 Å². The first kappa shape index (κ1) is 10.9. The Kier molecular flexibility index (Phi) is 5.97. The molecule has 0 aliphatic carbocycles. The zero-order valence-electron chi connectivity index (χ0n) is 7.51. The van der Waals surface area contributed by atoms with Crippen LogP contribution in [0.2, 0.25) is 0 Å². The molecule has 0 spiro atoms. The lowest BCUT2D eigenvalue weighted by Gasteiger charge is -2.00. The third-order valence-electron chi connectivity index (χ3n) is 1.15. The van der Waals surface area contributed by atoms with Crippen LogP contribution in [0.1, 0.15) is 13.8 Å². The Morgan fingerprint density at radius 1 is 1.58 bits per heavy atom. The number of halogens is 1. The molecule has 68 valence electrons. The number of hydrogen-bond donors (Lipinski definition) is 0. The lowest BCUT2D eigenvalue weighted by molar-refractivity contribution is 0.188. The lowest BCUT2D eigenvalue weighted by Crippen LogP contribution is -1.93. The van der Waals surface area contributed by atoms with Crippen LogP contribution in [0.15, 0.2) is 29.6 Å². The second-order valence-electron chi connectivity index (χ2n) is 2.25. The van der Waals surface area contributed by atoms with Crippen molar-refractivity contribution in [3.8, 4) is 0 Å². The van der Waals surface area contributed by atoms with Crippen molar-refractivity contribution in [2.45, 2.75) is 13.8 Å². The minimum absolute atomic E-state index is 0.0883. The van der Waals surface area contributed by atoms with Gasteiger partial charge in [0.15, 0.2) is 0 Å². The SMILES string of the molecule is C=C/C(C)=N\C=C(/C)OCCF. The highest BCUT2D eigenvalue weighted by Gasteiger charge is 1.87. The molecule has 0 fully saturated rings. The monoisotopic (exact) mass is 171 g/mol. The number of aliphatic imine (C=N–C) groups is 1. The highest BCUT2D eigenvalue weighted by molar-refractivity contribution is 5.92. The Labute approximate surface area is 72.5 Å². The summed E-state index contributed by atoms with van der Waals surface area (Å²) in [6, 6.07) is 0. The zero-order valence-corrected chi connectivity index (χ0v) is 7.51. The van der Waals surface area contributed by atoms with E-state index in [1.165, 1.54) is 0 Å². The highest BCUT2D eigenvalue weighted by Crippen LogP contribution is 1.96. The van der Waals surface area contributed by atoms with Crippen LogP contribution in [0, 0.1) is 0 Å². The molecule has 2 nitrogen and oxygen atoms in total. The van der Waals surface area contributed by atoms with Crippen molar-refractivity contribution in [2.75, 3.05) is 13.3 Å². The van der Waals surface area contributed by atoms with E-state index >= 15 is 0 Å². The summed E-state index contributed by atoms with van der Waals surface area (Å²) < 4.78 is 16.5. The van der Waals surface area contributed by atoms with Gasteiger partial charge in [-0.05, 0) is 19.9 Å². The summed E-state index contributed by atoms with van der Waals surface area (Å²) in [5.41, 5.74) is 0.804. The fourth-order valence-electron chi connectivity index (χ4n) is 0.482. The van der Waals surface area contributed by atoms with Crippen molar-refractivity contribution in [1.82, 2.24) is 0 Å². The van der Waals surface area contributed by atoms with Crippen molar-refractivity contribution in [1.29, 1.82) is 0 Å². The molecule has 0 aromatic carbocycles. The average Bonchev–Trinajstić information content (AvgIpc) is 2.10. The number of nitrogens with zero attached hydrogens (tertiary/aromatic N) is 1. The smallest absolute Gasteiger partial charge is 0.123 e. The van der Waals surface area contributed by atoms with Gasteiger partial charge in [-0.25, -0.2) is 4.39 Å². The summed E-state index contributed by atoms with van der Waals surface area (Å²) in [5.74, 6) is 0.605. The van der Waals surface area contributed by atoms with Gasteiger partial charge in [-0.1, -0.05) is 6.58 Å². The summed E-state index contributed by atoms with van der Waals surface area (Å²) in [6.07, 6.45) is 3.19. The Balaban J connectivity index is 3.90. The standard InChI is InChI=1S/C9H14FNO/c1-4-8(2)11-7-9(3)12-6-5-10/h4,7H,1,5-6H2,2-3H3/b9-7+,11-8-. The molecule has 12 heavy (non-hydrogen) atoms. The molecule has 0 aliphatic rings. The maximum Gasteiger partial charge on any atom is 0.123 e. The predicted octanol–water partition coefficient (Wildman–Crippen LogP) is 2.48. The van der Waals surface area contributed by atoms with Gasteiger partial charge in [0, 0.05) is 5.71 Å². The zero-order chi connectivity index (χ0) is 9.40. The normalized spacial score (nSPS) is 12.9. The second kappa shape index (κ2) is 6.58. The van der Waals surface area contributed by atoms with Gasteiger partial charge in [0.05, 0.1) is 6.20 Å². The number of allylic oxidation sites excluding steroid dienone is 2. The van der Waals surface area contributed by atoms with E-state index in [0.29, 0.717) is 5.76 Å². The third kappa shape index (κ3) is 5.65. The van der Waals surface area contributed by atoms with Gasteiger partial charge < -0.3 is 4.74 Å². The first-order valence-electron chi connectivity index (χ1n) is 3.73. The first-order chi connectivity index (χ1) is 5.70. The molecule has 0 rings (SSSR count). The summed E-state index contributed by atoms with van der Waals surface area (Å²) >= 11 is 0. The fraction of sp³-hybridized carbons (Fsp3) is 0.444. The van der Waals surface area contributed by atoms with E-state index in [1.54, 1.807) is 19.2 Å². The molecular formula is C9H14FNO. The minimum atomic E-state index is -0.477. The van der Waals surface area contributed by atoms with Crippen molar-refractivity contribution in [3.63, 3.8) is 0 Å². The lowest BCUT2D eigenvalue weighted by atomic mass is 10.4. The van der Waals surface area contributed by atoms with E-state index in [2.05, 4.69) is 11.6 Å². The molecule has 0 saturated carbocycles. The topological polar surface area (TPSA) is 21.6 Å². The van der Waals surface area contributed by atoms with Gasteiger partial charge in [0.2, 0.25) is 0 Å². The summed E-state index contributed by atoms with van der Waals surface area (Å²) in [4.78, 5) is 3.98. The van der Waals surface area contributed by atoms with E-state index in [9.17, 15) is 4.39 Å². The van der Waals surface area contributed by atoms with Crippen LogP contribution in [0.5, 0.6) is 0 Å². The average molecular weight is 171 g/mol. The van der Waals surface area contributed by atoms with Gasteiger partial charge in [-0.15, -0.1) is 0 Å². The van der Waals surface area contributed by atoms with Gasteiger partial charge >= 0.3 is 0 Å². The maximum atomic E-state index is 11.6. The Morgan fingerprint density at radius 3 is 2.75 bits per heavy atom. The number of hydrogen-bond acceptors (Lipinski definition) is 2. The maximum absolute atomic E-state index is 11.6. The molecule has 0 radical (unpaired) electrons. The van der Waals surface area contributed by atoms with E-state index < -0.39 is 6.67 Å². The Hall–Kier alpha value is -1.12. The van der Waals surface area contributed by atoms with Crippen LogP contribution in [0.25, 0.3) is 0 Å². The molecule has 0 amide bonds. The molecule has 0 heterocycles. The second-order valence-corrected chi connectivity index (χ2v) is 2.25. The fourth-order valence-corrected chi connectivity index (χ4v) is 0.482. The van der Waals surface area contributed by atoms with Crippen molar-refractivity contribution in [3.05, 3.63) is 24.6 Å². The van der Waals surface area contributed by atoms with Gasteiger partial charge in [0.25, 0.3) is 0 Å². The number of alkyl halides is 1. The largest absolute Gasteiger partial charge is 0.494 e. The summed E-state index contributed by atoms with van der Waals surface area (Å²) in [7, 11) is 0. The van der Waals surface area contributed by atoms with Crippen LogP contribution < -0.4 is 0 Å². The number of ether oxygens (including phenoxy) is 1. The van der Waals surface area contributed by atoms with Crippen LogP contribution in [-0.4, -0.2) is 19.0 Å². The minimum Gasteiger partial charge on any atom is -0.494 e. The van der Waals surface area contributed by atoms with E-state index in [0.717, 1.165) is 5.71 Å². The van der Waals surface area contributed by atoms with Gasteiger partial charge in [-0.3, -0.25) is 4.99 Å².